The number of nitro benzene ring substituents is 1. The lowest BCUT2D eigenvalue weighted by Gasteiger charge is -2.27. The molecule has 186 valence electrons. The quantitative estimate of drug-likeness (QED) is 0.137. The zero-order valence-corrected chi connectivity index (χ0v) is 20.5. The highest BCUT2D eigenvalue weighted by molar-refractivity contribution is 6.46. The molecular weight excluding hydrogens is 450 g/mol. The van der Waals surface area contributed by atoms with Crippen molar-refractivity contribution in [3.8, 4) is 5.75 Å². The van der Waals surface area contributed by atoms with Gasteiger partial charge in [-0.1, -0.05) is 37.3 Å². The molecule has 0 bridgehead atoms. The van der Waals surface area contributed by atoms with Crippen molar-refractivity contribution in [2.45, 2.75) is 32.7 Å². The molecule has 1 amide bonds. The van der Waals surface area contributed by atoms with Crippen molar-refractivity contribution in [3.63, 3.8) is 0 Å². The third kappa shape index (κ3) is 5.68. The molecule has 0 aliphatic carbocycles. The van der Waals surface area contributed by atoms with Gasteiger partial charge < -0.3 is 19.6 Å². The Balaban J connectivity index is 2.10. The van der Waals surface area contributed by atoms with Gasteiger partial charge in [-0.2, -0.15) is 0 Å². The van der Waals surface area contributed by atoms with E-state index in [4.69, 9.17) is 4.74 Å². The van der Waals surface area contributed by atoms with Crippen LogP contribution in [0.2, 0.25) is 0 Å². The Hall–Kier alpha value is -3.72. The Morgan fingerprint density at radius 1 is 1.17 bits per heavy atom. The van der Waals surface area contributed by atoms with Gasteiger partial charge in [-0.25, -0.2) is 0 Å². The Labute approximate surface area is 204 Å². The Morgan fingerprint density at radius 3 is 2.54 bits per heavy atom. The molecule has 1 unspecified atom stereocenters. The van der Waals surface area contributed by atoms with E-state index in [1.54, 1.807) is 24.3 Å². The number of rotatable bonds is 10. The molecule has 1 heterocycles. The average Bonchev–Trinajstić information content (AvgIpc) is 3.08. The SMILES string of the molecule is CCCCOc1ccc(/C([O-])=C2\C(=O)C(=O)N(CC[NH+](C)C)C2c2cccc([N+](=O)[O-])c2)cc1C. The Morgan fingerprint density at radius 2 is 1.91 bits per heavy atom. The van der Waals surface area contributed by atoms with Gasteiger partial charge in [-0.05, 0) is 42.2 Å². The molecule has 0 saturated carbocycles. The molecule has 1 aliphatic rings. The summed E-state index contributed by atoms with van der Waals surface area (Å²) in [5.74, 6) is -1.56. The highest BCUT2D eigenvalue weighted by Crippen LogP contribution is 2.39. The van der Waals surface area contributed by atoms with Crippen LogP contribution < -0.4 is 14.7 Å². The molecule has 1 saturated heterocycles. The summed E-state index contributed by atoms with van der Waals surface area (Å²) in [6.07, 6.45) is 1.90. The summed E-state index contributed by atoms with van der Waals surface area (Å²) in [6, 6.07) is 9.66. The number of nitrogens with one attached hydrogen (secondary N) is 1. The molecule has 9 nitrogen and oxygen atoms in total. The van der Waals surface area contributed by atoms with Crippen LogP contribution in [-0.2, 0) is 9.59 Å². The van der Waals surface area contributed by atoms with Gasteiger partial charge in [0.05, 0.1) is 44.8 Å². The molecule has 3 rings (SSSR count). The van der Waals surface area contributed by atoms with Crippen molar-refractivity contribution in [1.82, 2.24) is 4.90 Å². The number of likely N-dealkylation sites (tertiary alicyclic amines) is 1. The van der Waals surface area contributed by atoms with E-state index in [1.807, 2.05) is 21.0 Å². The van der Waals surface area contributed by atoms with E-state index in [1.165, 1.54) is 23.1 Å². The maximum Gasteiger partial charge on any atom is 0.295 e. The van der Waals surface area contributed by atoms with Gasteiger partial charge in [0.2, 0.25) is 5.78 Å². The van der Waals surface area contributed by atoms with Crippen LogP contribution >= 0.6 is 0 Å². The van der Waals surface area contributed by atoms with Crippen LogP contribution in [-0.4, -0.2) is 55.3 Å². The van der Waals surface area contributed by atoms with E-state index in [-0.39, 0.29) is 23.4 Å². The number of carbonyl (C=O) groups is 2. The standard InChI is InChI=1S/C26H31N3O6/c1-5-6-14-35-21-11-10-19(15-17(21)2)24(30)22-23(18-8-7-9-20(16-18)29(33)34)28(13-12-27(3)4)26(32)25(22)31/h7-11,15-16,23,30H,5-6,12-14H2,1-4H3/b24-22+. The van der Waals surface area contributed by atoms with Gasteiger partial charge >= 0.3 is 0 Å². The Bertz CT molecular complexity index is 1160. The number of Topliss-reactive ketones (excluding diaryl/α,β-unsaturated/α-hetero) is 1. The second-order valence-electron chi connectivity index (χ2n) is 8.96. The lowest BCUT2D eigenvalue weighted by Crippen LogP contribution is -3.06. The maximum absolute atomic E-state index is 13.6. The summed E-state index contributed by atoms with van der Waals surface area (Å²) in [6.45, 7) is 5.20. The number of benzene rings is 2. The van der Waals surface area contributed by atoms with Crippen molar-refractivity contribution in [1.29, 1.82) is 0 Å². The molecule has 0 aromatic heterocycles. The minimum atomic E-state index is -0.998. The lowest BCUT2D eigenvalue weighted by molar-refractivity contribution is -0.857. The third-order valence-corrected chi connectivity index (χ3v) is 5.97. The van der Waals surface area contributed by atoms with Crippen molar-refractivity contribution in [2.24, 2.45) is 0 Å². The summed E-state index contributed by atoms with van der Waals surface area (Å²) in [5.41, 5.74) is 0.986. The molecule has 1 aliphatic heterocycles. The summed E-state index contributed by atoms with van der Waals surface area (Å²) in [7, 11) is 3.82. The average molecular weight is 482 g/mol. The second kappa shape index (κ2) is 11.1. The largest absolute Gasteiger partial charge is 0.872 e. The number of quaternary nitrogens is 1. The molecule has 35 heavy (non-hydrogen) atoms. The van der Waals surface area contributed by atoms with E-state index in [0.717, 1.165) is 23.3 Å². The van der Waals surface area contributed by atoms with Gasteiger partial charge in [0, 0.05) is 17.7 Å². The van der Waals surface area contributed by atoms with Crippen LogP contribution in [0.4, 0.5) is 5.69 Å². The fourth-order valence-corrected chi connectivity index (χ4v) is 4.03. The van der Waals surface area contributed by atoms with Crippen LogP contribution in [0.5, 0.6) is 5.75 Å². The molecule has 0 spiro atoms. The summed E-state index contributed by atoms with van der Waals surface area (Å²) < 4.78 is 5.76. The normalized spacial score (nSPS) is 17.3. The zero-order valence-electron chi connectivity index (χ0n) is 20.5. The topological polar surface area (TPSA) is 117 Å². The van der Waals surface area contributed by atoms with Crippen LogP contribution in [0.3, 0.4) is 0 Å². The number of unbranched alkanes of at least 4 members (excludes halogenated alkanes) is 1. The number of ketones is 1. The number of nitro groups is 1. The number of likely N-dealkylation sites (N-methyl/N-ethyl adjacent to an activating group) is 1. The van der Waals surface area contributed by atoms with Crippen LogP contribution in [0.15, 0.2) is 48.0 Å². The first-order valence-corrected chi connectivity index (χ1v) is 11.7. The fraction of sp³-hybridized carbons (Fsp3) is 0.385. The van der Waals surface area contributed by atoms with Gasteiger partial charge in [-0.15, -0.1) is 0 Å². The van der Waals surface area contributed by atoms with E-state index >= 15 is 0 Å². The fourth-order valence-electron chi connectivity index (χ4n) is 4.03. The number of ether oxygens (including phenoxy) is 1. The summed E-state index contributed by atoms with van der Waals surface area (Å²) >= 11 is 0. The lowest BCUT2D eigenvalue weighted by atomic mass is 9.94. The molecular formula is C26H31N3O6. The molecule has 2 aromatic carbocycles. The highest BCUT2D eigenvalue weighted by Gasteiger charge is 2.44. The van der Waals surface area contributed by atoms with Crippen molar-refractivity contribution < 1.29 is 29.3 Å². The van der Waals surface area contributed by atoms with E-state index in [2.05, 4.69) is 6.92 Å². The maximum atomic E-state index is 13.6. The minimum Gasteiger partial charge on any atom is -0.872 e. The van der Waals surface area contributed by atoms with Crippen LogP contribution in [0, 0.1) is 17.0 Å². The molecule has 0 radical (unpaired) electrons. The number of aryl methyl sites for hydroxylation is 1. The third-order valence-electron chi connectivity index (χ3n) is 5.97. The monoisotopic (exact) mass is 481 g/mol. The number of non-ortho nitro benzene ring substituents is 1. The first-order valence-electron chi connectivity index (χ1n) is 11.7. The minimum absolute atomic E-state index is 0.177. The molecule has 1 atom stereocenters. The van der Waals surface area contributed by atoms with Crippen LogP contribution in [0.25, 0.3) is 5.76 Å². The number of hydrogen-bond donors (Lipinski definition) is 1. The van der Waals surface area contributed by atoms with Crippen molar-refractivity contribution >= 4 is 23.1 Å². The summed E-state index contributed by atoms with van der Waals surface area (Å²) in [4.78, 5) is 39.3. The number of hydrogen-bond acceptors (Lipinski definition) is 6. The first-order chi connectivity index (χ1) is 16.6. The van der Waals surface area contributed by atoms with Gasteiger partial charge in [0.15, 0.2) is 0 Å². The van der Waals surface area contributed by atoms with E-state index in [0.29, 0.717) is 24.5 Å². The number of amides is 1. The van der Waals surface area contributed by atoms with E-state index < -0.39 is 28.4 Å². The molecule has 2 aromatic rings. The van der Waals surface area contributed by atoms with Crippen molar-refractivity contribution in [3.05, 3.63) is 74.8 Å². The predicted octanol–water partition coefficient (Wildman–Crippen LogP) is 1.45. The van der Waals surface area contributed by atoms with Gasteiger partial charge in [-0.3, -0.25) is 19.7 Å². The van der Waals surface area contributed by atoms with Crippen LogP contribution in [0.1, 0.15) is 42.5 Å². The zero-order chi connectivity index (χ0) is 25.7. The Kier molecular flexibility index (Phi) is 8.24. The first kappa shape index (κ1) is 25.9. The van der Waals surface area contributed by atoms with Gasteiger partial charge in [0.1, 0.15) is 5.75 Å². The number of carbonyl (C=O) groups excluding carboxylic acids is 2. The number of nitrogens with zero attached hydrogens (tertiary/aromatic N) is 2. The van der Waals surface area contributed by atoms with Gasteiger partial charge in [0.25, 0.3) is 11.6 Å². The van der Waals surface area contributed by atoms with Crippen molar-refractivity contribution in [2.75, 3.05) is 33.8 Å². The van der Waals surface area contributed by atoms with E-state index in [9.17, 15) is 24.8 Å². The molecule has 9 heteroatoms. The predicted molar refractivity (Wildman–Crippen MR) is 129 cm³/mol. The smallest absolute Gasteiger partial charge is 0.295 e. The molecule has 1 fully saturated rings. The molecule has 1 N–H and O–H groups in total. The summed E-state index contributed by atoms with van der Waals surface area (Å²) in [5, 5.41) is 25.0. The second-order valence-corrected chi connectivity index (χ2v) is 8.96. The highest BCUT2D eigenvalue weighted by atomic mass is 16.6.